The van der Waals surface area contributed by atoms with Crippen molar-refractivity contribution in [1.82, 2.24) is 9.80 Å². The van der Waals surface area contributed by atoms with Crippen molar-refractivity contribution in [3.63, 3.8) is 0 Å². The number of hydrogen-bond donors (Lipinski definition) is 0. The van der Waals surface area contributed by atoms with Crippen molar-refractivity contribution in [2.75, 3.05) is 26.2 Å². The minimum atomic E-state index is -1.16. The molecule has 0 N–H and O–H groups in total. The van der Waals surface area contributed by atoms with Crippen molar-refractivity contribution >= 4 is 17.7 Å². The predicted octanol–water partition coefficient (Wildman–Crippen LogP) is 5.30. The van der Waals surface area contributed by atoms with E-state index in [1.807, 2.05) is 19.1 Å². The number of amides is 1. The van der Waals surface area contributed by atoms with Crippen LogP contribution < -0.4 is 9.84 Å². The van der Waals surface area contributed by atoms with E-state index in [9.17, 15) is 9.90 Å². The highest BCUT2D eigenvalue weighted by Crippen LogP contribution is 2.52. The molecule has 35 heavy (non-hydrogen) atoms. The van der Waals surface area contributed by atoms with Gasteiger partial charge in [-0.3, -0.25) is 0 Å². The molecule has 188 valence electrons. The number of carboxylic acid groups (broad SMARTS) is 1. The van der Waals surface area contributed by atoms with Gasteiger partial charge in [0.25, 0.3) is 0 Å². The van der Waals surface area contributed by atoms with Gasteiger partial charge in [0, 0.05) is 18.2 Å². The summed E-state index contributed by atoms with van der Waals surface area (Å²) >= 11 is 6.42. The number of hydrogen-bond acceptors (Lipinski definition) is 4. The molecule has 4 aliphatic rings. The summed E-state index contributed by atoms with van der Waals surface area (Å²) in [5.41, 5.74) is 2.49. The van der Waals surface area contributed by atoms with Gasteiger partial charge in [0.05, 0.1) is 17.7 Å². The molecule has 2 aromatic carbocycles. The van der Waals surface area contributed by atoms with Crippen LogP contribution in [0.15, 0.2) is 30.3 Å². The van der Waals surface area contributed by atoms with Gasteiger partial charge < -0.3 is 24.4 Å². The van der Waals surface area contributed by atoms with E-state index in [0.29, 0.717) is 40.8 Å². The van der Waals surface area contributed by atoms with E-state index in [4.69, 9.17) is 16.3 Å². The van der Waals surface area contributed by atoms with Crippen LogP contribution in [0, 0.1) is 17.2 Å². The molecule has 1 aliphatic carbocycles. The fourth-order valence-corrected chi connectivity index (χ4v) is 6.71. The van der Waals surface area contributed by atoms with Crippen LogP contribution in [0.25, 0.3) is 11.1 Å². The van der Waals surface area contributed by atoms with Gasteiger partial charge in [-0.25, -0.2) is 4.39 Å². The van der Waals surface area contributed by atoms with Crippen LogP contribution in [0.4, 0.5) is 9.18 Å². The number of carbonyl (C=O) groups is 1. The summed E-state index contributed by atoms with van der Waals surface area (Å²) in [4.78, 5) is 16.4. The van der Waals surface area contributed by atoms with Gasteiger partial charge in [-0.1, -0.05) is 38.4 Å². The maximum absolute atomic E-state index is 15.6. The lowest BCUT2D eigenvalue weighted by molar-refractivity contribution is -0.276. The molecule has 3 saturated heterocycles. The topological polar surface area (TPSA) is 55.8 Å². The first kappa shape index (κ1) is 24.4. The highest BCUT2D eigenvalue weighted by molar-refractivity contribution is 6.32. The van der Waals surface area contributed by atoms with E-state index in [1.54, 1.807) is 17.0 Å². The molecule has 3 fully saturated rings. The summed E-state index contributed by atoms with van der Waals surface area (Å²) in [5.74, 6) is 0.538. The quantitative estimate of drug-likeness (QED) is 0.541. The van der Waals surface area contributed by atoms with Crippen molar-refractivity contribution in [3.05, 3.63) is 52.3 Å². The van der Waals surface area contributed by atoms with Crippen molar-refractivity contribution in [2.24, 2.45) is 11.3 Å². The molecule has 0 saturated carbocycles. The van der Waals surface area contributed by atoms with Crippen LogP contribution in [-0.4, -0.2) is 48.2 Å². The van der Waals surface area contributed by atoms with Gasteiger partial charge in [-0.2, -0.15) is 0 Å². The van der Waals surface area contributed by atoms with E-state index < -0.39 is 12.1 Å². The van der Waals surface area contributed by atoms with Crippen LogP contribution in [0.1, 0.15) is 57.2 Å². The molecule has 3 aliphatic heterocycles. The average molecular weight is 500 g/mol. The Bertz CT molecular complexity index is 1130. The lowest BCUT2D eigenvalue weighted by Gasteiger charge is -2.53. The van der Waals surface area contributed by atoms with Gasteiger partial charge in [0.1, 0.15) is 17.7 Å². The lowest BCUT2D eigenvalue weighted by Crippen LogP contribution is -2.62. The third kappa shape index (κ3) is 4.40. The Balaban J connectivity index is 1.51. The second kappa shape index (κ2) is 9.29. The standard InChI is InChI=1S/C28H34ClFN2O3/c1-4-11-35-25-6-5-18(13-22(25)29)20-12-19-15-28(2,3)26(21(19)14-23(20)30)32(27(33)34)24-16-31-9-7-17(24)8-10-31/h5-6,12-14,17,24,26H,4,7-11,15-16H2,1-3H3,(H,33,34)/p-1/t24-,26+/m1/s1. The highest BCUT2D eigenvalue weighted by atomic mass is 35.5. The van der Waals surface area contributed by atoms with Crippen LogP contribution in [-0.2, 0) is 6.42 Å². The molecule has 6 rings (SSSR count). The van der Waals surface area contributed by atoms with Crippen LogP contribution >= 0.6 is 11.6 Å². The Morgan fingerprint density at radius 1 is 1.26 bits per heavy atom. The van der Waals surface area contributed by atoms with Gasteiger partial charge >= 0.3 is 0 Å². The Hall–Kier alpha value is -2.31. The predicted molar refractivity (Wildman–Crippen MR) is 133 cm³/mol. The van der Waals surface area contributed by atoms with Crippen LogP contribution in [0.3, 0.4) is 0 Å². The smallest absolute Gasteiger partial charge is 0.137 e. The second-order valence-electron chi connectivity index (χ2n) is 11.0. The van der Waals surface area contributed by atoms with Crippen molar-refractivity contribution in [3.8, 4) is 16.9 Å². The number of halogens is 2. The number of carbonyl (C=O) groups excluding carboxylic acids is 1. The zero-order valence-corrected chi connectivity index (χ0v) is 21.4. The number of nitrogens with zero attached hydrogens (tertiary/aromatic N) is 2. The van der Waals surface area contributed by atoms with E-state index in [0.717, 1.165) is 50.0 Å². The van der Waals surface area contributed by atoms with E-state index >= 15 is 4.39 Å². The van der Waals surface area contributed by atoms with Crippen LogP contribution in [0.2, 0.25) is 5.02 Å². The van der Waals surface area contributed by atoms with Gasteiger partial charge in [-0.05, 0) is 91.1 Å². The van der Waals surface area contributed by atoms with E-state index in [2.05, 4.69) is 18.7 Å². The zero-order chi connectivity index (χ0) is 24.9. The lowest BCUT2D eigenvalue weighted by atomic mass is 9.79. The van der Waals surface area contributed by atoms with Crippen LogP contribution in [0.5, 0.6) is 5.75 Å². The molecule has 2 aromatic rings. The maximum Gasteiger partial charge on any atom is 0.137 e. The molecule has 2 bridgehead atoms. The first-order valence-corrected chi connectivity index (χ1v) is 13.0. The summed E-state index contributed by atoms with van der Waals surface area (Å²) in [5, 5.41) is 13.0. The average Bonchev–Trinajstić information content (AvgIpc) is 3.07. The van der Waals surface area contributed by atoms with Crippen molar-refractivity contribution in [2.45, 2.75) is 58.5 Å². The molecule has 3 heterocycles. The Kier molecular flexibility index (Phi) is 6.47. The number of piperidine rings is 3. The second-order valence-corrected chi connectivity index (χ2v) is 11.4. The Morgan fingerprint density at radius 3 is 2.60 bits per heavy atom. The normalized spacial score (nSPS) is 26.4. The van der Waals surface area contributed by atoms with Crippen molar-refractivity contribution in [1.29, 1.82) is 0 Å². The van der Waals surface area contributed by atoms with Crippen molar-refractivity contribution < 1.29 is 19.0 Å². The molecule has 5 nitrogen and oxygen atoms in total. The summed E-state index contributed by atoms with van der Waals surface area (Å²) in [6, 6.07) is 8.18. The van der Waals surface area contributed by atoms with E-state index in [-0.39, 0.29) is 17.3 Å². The molecule has 0 radical (unpaired) electrons. The number of benzene rings is 2. The molecular formula is C28H33ClFN2O3-. The third-order valence-electron chi connectivity index (χ3n) is 8.08. The van der Waals surface area contributed by atoms with Gasteiger partial charge in [0.15, 0.2) is 0 Å². The molecule has 0 unspecified atom stereocenters. The molecule has 7 heteroatoms. The summed E-state index contributed by atoms with van der Waals surface area (Å²) in [6.45, 7) is 9.51. The summed E-state index contributed by atoms with van der Waals surface area (Å²) in [6.07, 6.45) is 2.38. The zero-order valence-electron chi connectivity index (χ0n) is 20.7. The number of rotatable bonds is 6. The fourth-order valence-electron chi connectivity index (χ4n) is 6.48. The highest BCUT2D eigenvalue weighted by Gasteiger charge is 2.48. The first-order valence-electron chi connectivity index (χ1n) is 12.7. The number of ether oxygens (including phenoxy) is 1. The molecule has 2 atom stereocenters. The fraction of sp³-hybridized carbons (Fsp3) is 0.536. The minimum Gasteiger partial charge on any atom is -0.530 e. The third-order valence-corrected chi connectivity index (χ3v) is 8.38. The number of fused-ring (bicyclic) bond motifs is 4. The minimum absolute atomic E-state index is 0.116. The van der Waals surface area contributed by atoms with Gasteiger partial charge in [0.2, 0.25) is 0 Å². The summed E-state index contributed by atoms with van der Waals surface area (Å²) < 4.78 is 21.2. The largest absolute Gasteiger partial charge is 0.530 e. The van der Waals surface area contributed by atoms with Gasteiger partial charge in [-0.15, -0.1) is 0 Å². The molecule has 0 aromatic heterocycles. The summed E-state index contributed by atoms with van der Waals surface area (Å²) in [7, 11) is 0. The maximum atomic E-state index is 15.6. The Labute approximate surface area is 211 Å². The molecule has 1 amide bonds. The molecule has 0 spiro atoms. The Morgan fingerprint density at radius 2 is 2.00 bits per heavy atom. The SMILES string of the molecule is CCCOc1ccc(-c2cc3c(cc2F)[C@H](N(C(=O)[O-])[C@@H]2CN4CCC2CC4)C(C)(C)C3)cc1Cl. The molecular weight excluding hydrogens is 467 g/mol. The monoisotopic (exact) mass is 499 g/mol. The first-order chi connectivity index (χ1) is 16.7. The van der Waals surface area contributed by atoms with E-state index in [1.165, 1.54) is 6.07 Å².